The third kappa shape index (κ3) is 6.80. The van der Waals surface area contributed by atoms with Crippen LogP contribution in [0.15, 0.2) is 0 Å². The second kappa shape index (κ2) is 9.60. The van der Waals surface area contributed by atoms with Gasteiger partial charge < -0.3 is 15.8 Å². The molecular formula is C12H26N2O2. The summed E-state index contributed by atoms with van der Waals surface area (Å²) in [7, 11) is 0. The fourth-order valence-electron chi connectivity index (χ4n) is 1.69. The molecule has 0 aromatic rings. The summed E-state index contributed by atoms with van der Waals surface area (Å²) in [5.74, 6) is 0.516. The molecule has 0 spiro atoms. The lowest BCUT2D eigenvalue weighted by molar-refractivity contribution is -0.122. The monoisotopic (exact) mass is 230 g/mol. The van der Waals surface area contributed by atoms with Crippen LogP contribution < -0.4 is 11.1 Å². The molecule has 0 aromatic heterocycles. The van der Waals surface area contributed by atoms with Gasteiger partial charge in [-0.15, -0.1) is 0 Å². The SMILES string of the molecule is CCOCCC(=O)NCC(N)C(CC)CC. The van der Waals surface area contributed by atoms with Crippen LogP contribution in [0.4, 0.5) is 0 Å². The lowest BCUT2D eigenvalue weighted by Crippen LogP contribution is -2.42. The van der Waals surface area contributed by atoms with E-state index in [0.717, 1.165) is 12.8 Å². The molecule has 0 aliphatic rings. The van der Waals surface area contributed by atoms with Gasteiger partial charge in [-0.1, -0.05) is 26.7 Å². The maximum Gasteiger partial charge on any atom is 0.222 e. The van der Waals surface area contributed by atoms with Gasteiger partial charge in [0.05, 0.1) is 6.61 Å². The van der Waals surface area contributed by atoms with E-state index in [0.29, 0.717) is 32.1 Å². The van der Waals surface area contributed by atoms with Crippen LogP contribution in [0.25, 0.3) is 0 Å². The Morgan fingerprint density at radius 2 is 1.94 bits per heavy atom. The second-order valence-electron chi connectivity index (χ2n) is 3.99. The third-order valence-corrected chi connectivity index (χ3v) is 2.87. The summed E-state index contributed by atoms with van der Waals surface area (Å²) >= 11 is 0. The van der Waals surface area contributed by atoms with Crippen molar-refractivity contribution >= 4 is 5.91 Å². The van der Waals surface area contributed by atoms with E-state index in [9.17, 15) is 4.79 Å². The fourth-order valence-corrected chi connectivity index (χ4v) is 1.69. The Morgan fingerprint density at radius 1 is 1.31 bits per heavy atom. The zero-order valence-corrected chi connectivity index (χ0v) is 10.8. The molecule has 0 fully saturated rings. The van der Waals surface area contributed by atoms with Crippen LogP contribution in [-0.2, 0) is 9.53 Å². The molecule has 0 aliphatic carbocycles. The summed E-state index contributed by atoms with van der Waals surface area (Å²) in [5, 5.41) is 2.85. The Bertz CT molecular complexity index is 182. The van der Waals surface area contributed by atoms with Crippen LogP contribution in [0.3, 0.4) is 0 Å². The van der Waals surface area contributed by atoms with E-state index in [1.54, 1.807) is 0 Å². The smallest absolute Gasteiger partial charge is 0.222 e. The lowest BCUT2D eigenvalue weighted by Gasteiger charge is -2.21. The number of ether oxygens (including phenoxy) is 1. The highest BCUT2D eigenvalue weighted by Crippen LogP contribution is 2.10. The van der Waals surface area contributed by atoms with E-state index in [1.165, 1.54) is 0 Å². The van der Waals surface area contributed by atoms with Gasteiger partial charge in [-0.2, -0.15) is 0 Å². The van der Waals surface area contributed by atoms with Gasteiger partial charge in [0.2, 0.25) is 5.91 Å². The number of rotatable bonds is 9. The number of nitrogens with one attached hydrogen (secondary N) is 1. The molecule has 0 saturated carbocycles. The van der Waals surface area contributed by atoms with E-state index in [4.69, 9.17) is 10.5 Å². The first kappa shape index (κ1) is 15.4. The van der Waals surface area contributed by atoms with Crippen LogP contribution >= 0.6 is 0 Å². The Labute approximate surface area is 98.9 Å². The van der Waals surface area contributed by atoms with E-state index in [1.807, 2.05) is 6.92 Å². The van der Waals surface area contributed by atoms with Gasteiger partial charge in [-0.3, -0.25) is 4.79 Å². The average molecular weight is 230 g/mol. The maximum absolute atomic E-state index is 11.4. The average Bonchev–Trinajstić information content (AvgIpc) is 2.28. The van der Waals surface area contributed by atoms with Gasteiger partial charge in [0, 0.05) is 25.6 Å². The van der Waals surface area contributed by atoms with Gasteiger partial charge in [0.25, 0.3) is 0 Å². The molecule has 0 saturated heterocycles. The highest BCUT2D eigenvalue weighted by molar-refractivity contribution is 5.75. The normalized spacial score (nSPS) is 12.8. The van der Waals surface area contributed by atoms with Crippen molar-refractivity contribution in [1.29, 1.82) is 0 Å². The first-order valence-electron chi connectivity index (χ1n) is 6.25. The van der Waals surface area contributed by atoms with Crippen LogP contribution in [0.5, 0.6) is 0 Å². The molecule has 4 nitrogen and oxygen atoms in total. The zero-order chi connectivity index (χ0) is 12.4. The van der Waals surface area contributed by atoms with Gasteiger partial charge in [-0.05, 0) is 12.8 Å². The van der Waals surface area contributed by atoms with Crippen molar-refractivity contribution in [3.05, 3.63) is 0 Å². The minimum atomic E-state index is 0.0230. The molecule has 16 heavy (non-hydrogen) atoms. The van der Waals surface area contributed by atoms with Crippen molar-refractivity contribution in [1.82, 2.24) is 5.32 Å². The molecule has 96 valence electrons. The molecule has 1 atom stereocenters. The number of amides is 1. The van der Waals surface area contributed by atoms with Gasteiger partial charge in [-0.25, -0.2) is 0 Å². The largest absolute Gasteiger partial charge is 0.381 e. The number of hydrogen-bond acceptors (Lipinski definition) is 3. The summed E-state index contributed by atoms with van der Waals surface area (Å²) in [6.07, 6.45) is 2.54. The summed E-state index contributed by atoms with van der Waals surface area (Å²) in [4.78, 5) is 11.4. The molecule has 0 bridgehead atoms. The number of hydrogen-bond donors (Lipinski definition) is 2. The van der Waals surface area contributed by atoms with E-state index in [2.05, 4.69) is 19.2 Å². The van der Waals surface area contributed by atoms with Crippen molar-refractivity contribution in [2.75, 3.05) is 19.8 Å². The standard InChI is InChI=1S/C12H26N2O2/c1-4-10(5-2)11(13)9-14-12(15)7-8-16-6-3/h10-11H,4-9,13H2,1-3H3,(H,14,15). The molecule has 4 heteroatoms. The van der Waals surface area contributed by atoms with E-state index < -0.39 is 0 Å². The minimum Gasteiger partial charge on any atom is -0.381 e. The third-order valence-electron chi connectivity index (χ3n) is 2.87. The van der Waals surface area contributed by atoms with Crippen LogP contribution in [-0.4, -0.2) is 31.7 Å². The molecule has 3 N–H and O–H groups in total. The molecule has 0 rings (SSSR count). The summed E-state index contributed by atoms with van der Waals surface area (Å²) in [5.41, 5.74) is 6.00. The Morgan fingerprint density at radius 3 is 2.44 bits per heavy atom. The fraction of sp³-hybridized carbons (Fsp3) is 0.917. The predicted octanol–water partition coefficient (Wildman–Crippen LogP) is 1.29. The van der Waals surface area contributed by atoms with Crippen molar-refractivity contribution in [3.8, 4) is 0 Å². The quantitative estimate of drug-likeness (QED) is 0.587. The molecule has 0 radical (unpaired) electrons. The molecule has 1 unspecified atom stereocenters. The number of carbonyl (C=O) groups excluding carboxylic acids is 1. The highest BCUT2D eigenvalue weighted by Gasteiger charge is 2.14. The summed E-state index contributed by atoms with van der Waals surface area (Å²) in [6, 6.07) is 0.0612. The van der Waals surface area contributed by atoms with Crippen molar-refractivity contribution in [2.45, 2.75) is 46.1 Å². The van der Waals surface area contributed by atoms with Crippen molar-refractivity contribution in [3.63, 3.8) is 0 Å². The second-order valence-corrected chi connectivity index (χ2v) is 3.99. The lowest BCUT2D eigenvalue weighted by atomic mass is 9.95. The Balaban J connectivity index is 3.65. The number of nitrogens with two attached hydrogens (primary N) is 1. The summed E-state index contributed by atoms with van der Waals surface area (Å²) in [6.45, 7) is 7.89. The van der Waals surface area contributed by atoms with Crippen molar-refractivity contribution in [2.24, 2.45) is 11.7 Å². The number of carbonyl (C=O) groups is 1. The van der Waals surface area contributed by atoms with Crippen LogP contribution in [0.1, 0.15) is 40.0 Å². The Kier molecular flexibility index (Phi) is 9.24. The molecular weight excluding hydrogens is 204 g/mol. The maximum atomic E-state index is 11.4. The molecule has 0 aromatic carbocycles. The molecule has 1 amide bonds. The van der Waals surface area contributed by atoms with E-state index >= 15 is 0 Å². The van der Waals surface area contributed by atoms with Crippen molar-refractivity contribution < 1.29 is 9.53 Å². The van der Waals surface area contributed by atoms with Crippen LogP contribution in [0.2, 0.25) is 0 Å². The zero-order valence-electron chi connectivity index (χ0n) is 10.8. The van der Waals surface area contributed by atoms with Crippen LogP contribution in [0, 0.1) is 5.92 Å². The molecule has 0 aliphatic heterocycles. The Hall–Kier alpha value is -0.610. The minimum absolute atomic E-state index is 0.0230. The first-order valence-corrected chi connectivity index (χ1v) is 6.25. The van der Waals surface area contributed by atoms with Gasteiger partial charge in [0.1, 0.15) is 0 Å². The van der Waals surface area contributed by atoms with Gasteiger partial charge >= 0.3 is 0 Å². The van der Waals surface area contributed by atoms with Gasteiger partial charge in [0.15, 0.2) is 0 Å². The predicted molar refractivity (Wildman–Crippen MR) is 66.2 cm³/mol. The van der Waals surface area contributed by atoms with E-state index in [-0.39, 0.29) is 11.9 Å². The topological polar surface area (TPSA) is 64.3 Å². The molecule has 0 heterocycles. The first-order chi connectivity index (χ1) is 7.65. The highest BCUT2D eigenvalue weighted by atomic mass is 16.5. The summed E-state index contributed by atoms with van der Waals surface area (Å²) < 4.78 is 5.11.